The van der Waals surface area contributed by atoms with Crippen LogP contribution in [0, 0.1) is 10.1 Å². The number of thiazole rings is 1. The highest BCUT2D eigenvalue weighted by atomic mass is 32.1. The van der Waals surface area contributed by atoms with E-state index >= 15 is 0 Å². The summed E-state index contributed by atoms with van der Waals surface area (Å²) < 4.78 is 0. The quantitative estimate of drug-likeness (QED) is 0.530. The molecule has 1 fully saturated rings. The molecule has 0 bridgehead atoms. The minimum atomic E-state index is -0.411. The summed E-state index contributed by atoms with van der Waals surface area (Å²) in [5, 5.41) is 13.9. The normalized spacial score (nSPS) is 15.2. The summed E-state index contributed by atoms with van der Waals surface area (Å²) in [6.45, 7) is 3.27. The first-order valence-corrected chi connectivity index (χ1v) is 7.46. The molecule has 0 aliphatic carbocycles. The zero-order valence-electron chi connectivity index (χ0n) is 11.3. The van der Waals surface area contributed by atoms with Gasteiger partial charge in [0.15, 0.2) is 5.13 Å². The first kappa shape index (κ1) is 13.6. The fourth-order valence-electron chi connectivity index (χ4n) is 2.43. The summed E-state index contributed by atoms with van der Waals surface area (Å²) in [6, 6.07) is 4.75. The van der Waals surface area contributed by atoms with Gasteiger partial charge in [0.1, 0.15) is 0 Å². The minimum absolute atomic E-state index is 0.0346. The second-order valence-corrected chi connectivity index (χ2v) is 5.70. The number of rotatable bonds is 3. The molecule has 0 amide bonds. The third kappa shape index (κ3) is 2.89. The molecule has 110 valence electrons. The van der Waals surface area contributed by atoms with Crippen LogP contribution >= 0.6 is 11.3 Å². The smallest absolute Gasteiger partial charge is 0.273 e. The average Bonchev–Trinajstić information content (AvgIpc) is 3.01. The van der Waals surface area contributed by atoms with E-state index in [-0.39, 0.29) is 5.69 Å². The van der Waals surface area contributed by atoms with Gasteiger partial charge < -0.3 is 15.5 Å². The maximum Gasteiger partial charge on any atom is 0.273 e. The van der Waals surface area contributed by atoms with Gasteiger partial charge in [-0.1, -0.05) is 0 Å². The number of nitrogens with two attached hydrogens (primary N) is 1. The molecule has 1 aromatic carbocycles. The Hall–Kier alpha value is -2.35. The molecule has 0 unspecified atom stereocenters. The topological polar surface area (TPSA) is 88.5 Å². The van der Waals surface area contributed by atoms with Gasteiger partial charge >= 0.3 is 0 Å². The zero-order valence-corrected chi connectivity index (χ0v) is 12.1. The van der Waals surface area contributed by atoms with Crippen molar-refractivity contribution in [3.8, 4) is 0 Å². The molecule has 8 heteroatoms. The lowest BCUT2D eigenvalue weighted by Crippen LogP contribution is -2.46. The number of nitrogen functional groups attached to an aromatic ring is 1. The van der Waals surface area contributed by atoms with E-state index in [9.17, 15) is 10.1 Å². The number of hydrogen-bond donors (Lipinski definition) is 1. The van der Waals surface area contributed by atoms with Gasteiger partial charge in [-0.05, 0) is 6.07 Å². The van der Waals surface area contributed by atoms with E-state index in [1.807, 2.05) is 5.38 Å². The number of nitrogens with zero attached hydrogens (tertiary/aromatic N) is 4. The Kier molecular flexibility index (Phi) is 3.61. The Morgan fingerprint density at radius 2 is 1.90 bits per heavy atom. The SMILES string of the molecule is Nc1cc(N2CCN(c3nccs3)CC2)cc([N+](=O)[O-])c1. The highest BCUT2D eigenvalue weighted by Crippen LogP contribution is 2.27. The van der Waals surface area contributed by atoms with Gasteiger partial charge in [-0.3, -0.25) is 10.1 Å². The van der Waals surface area contributed by atoms with Gasteiger partial charge in [0.2, 0.25) is 0 Å². The van der Waals surface area contributed by atoms with E-state index in [1.165, 1.54) is 6.07 Å². The van der Waals surface area contributed by atoms with Crippen LogP contribution in [0.25, 0.3) is 0 Å². The molecule has 3 rings (SSSR count). The van der Waals surface area contributed by atoms with Crippen molar-refractivity contribution >= 4 is 33.5 Å². The van der Waals surface area contributed by atoms with Crippen molar-refractivity contribution in [3.05, 3.63) is 39.9 Å². The van der Waals surface area contributed by atoms with Gasteiger partial charge in [0.25, 0.3) is 5.69 Å². The number of nitro groups is 1. The van der Waals surface area contributed by atoms with Crippen molar-refractivity contribution in [2.45, 2.75) is 0 Å². The number of aromatic nitrogens is 1. The van der Waals surface area contributed by atoms with Crippen LogP contribution in [0.5, 0.6) is 0 Å². The molecule has 0 atom stereocenters. The molecule has 1 aliphatic heterocycles. The summed E-state index contributed by atoms with van der Waals surface area (Å²) in [6.07, 6.45) is 1.80. The second-order valence-electron chi connectivity index (χ2n) is 4.83. The van der Waals surface area contributed by atoms with Crippen molar-refractivity contribution < 1.29 is 4.92 Å². The molecule has 7 nitrogen and oxygen atoms in total. The van der Waals surface area contributed by atoms with Crippen LogP contribution in [-0.2, 0) is 0 Å². The number of piperazine rings is 1. The van der Waals surface area contributed by atoms with E-state index in [0.717, 1.165) is 37.0 Å². The van der Waals surface area contributed by atoms with E-state index in [1.54, 1.807) is 29.7 Å². The molecular weight excluding hydrogens is 290 g/mol. The first-order chi connectivity index (χ1) is 10.1. The monoisotopic (exact) mass is 305 g/mol. The molecule has 0 spiro atoms. The molecular formula is C13H15N5O2S. The summed E-state index contributed by atoms with van der Waals surface area (Å²) >= 11 is 1.62. The molecule has 1 aromatic heterocycles. The first-order valence-electron chi connectivity index (χ1n) is 6.58. The fraction of sp³-hybridized carbons (Fsp3) is 0.308. The van der Waals surface area contributed by atoms with Crippen LogP contribution < -0.4 is 15.5 Å². The van der Waals surface area contributed by atoms with Gasteiger partial charge in [-0.15, -0.1) is 11.3 Å². The standard InChI is InChI=1S/C13H15N5O2S/c14-10-7-11(9-12(8-10)18(19)20)16-2-4-17(5-3-16)13-15-1-6-21-13/h1,6-9H,2-5,14H2. The van der Waals surface area contributed by atoms with E-state index in [4.69, 9.17) is 5.73 Å². The maximum atomic E-state index is 10.9. The third-order valence-electron chi connectivity index (χ3n) is 3.47. The van der Waals surface area contributed by atoms with E-state index in [2.05, 4.69) is 14.8 Å². The van der Waals surface area contributed by atoms with Crippen molar-refractivity contribution in [1.82, 2.24) is 4.98 Å². The second kappa shape index (κ2) is 5.57. The summed E-state index contributed by atoms with van der Waals surface area (Å²) in [4.78, 5) is 19.1. The summed E-state index contributed by atoms with van der Waals surface area (Å²) in [5.41, 5.74) is 7.02. The Bertz CT molecular complexity index is 638. The number of benzene rings is 1. The molecule has 2 aromatic rings. The largest absolute Gasteiger partial charge is 0.398 e. The van der Waals surface area contributed by atoms with Gasteiger partial charge in [-0.25, -0.2) is 4.98 Å². The van der Waals surface area contributed by atoms with Crippen LogP contribution in [0.2, 0.25) is 0 Å². The van der Waals surface area contributed by atoms with Gasteiger partial charge in [-0.2, -0.15) is 0 Å². The van der Waals surface area contributed by atoms with Gasteiger partial charge in [0.05, 0.1) is 4.92 Å². The Balaban J connectivity index is 1.73. The van der Waals surface area contributed by atoms with E-state index in [0.29, 0.717) is 5.69 Å². The van der Waals surface area contributed by atoms with Crippen LogP contribution in [-0.4, -0.2) is 36.1 Å². The Morgan fingerprint density at radius 1 is 1.19 bits per heavy atom. The highest BCUT2D eigenvalue weighted by molar-refractivity contribution is 7.13. The molecule has 1 aliphatic rings. The average molecular weight is 305 g/mol. The Morgan fingerprint density at radius 3 is 2.52 bits per heavy atom. The van der Waals surface area contributed by atoms with Crippen molar-refractivity contribution in [3.63, 3.8) is 0 Å². The molecule has 2 N–H and O–H groups in total. The zero-order chi connectivity index (χ0) is 14.8. The predicted octanol–water partition coefficient (Wildman–Crippen LogP) is 1.96. The molecule has 0 radical (unpaired) electrons. The van der Waals surface area contributed by atoms with Gasteiger partial charge in [0, 0.05) is 61.3 Å². The van der Waals surface area contributed by atoms with Crippen LogP contribution in [0.4, 0.5) is 22.2 Å². The third-order valence-corrected chi connectivity index (χ3v) is 4.30. The van der Waals surface area contributed by atoms with Crippen molar-refractivity contribution in [2.24, 2.45) is 0 Å². The minimum Gasteiger partial charge on any atom is -0.398 e. The number of nitro benzene ring substituents is 1. The summed E-state index contributed by atoms with van der Waals surface area (Å²) in [7, 11) is 0. The fourth-order valence-corrected chi connectivity index (χ4v) is 3.13. The number of non-ortho nitro benzene ring substituents is 1. The highest BCUT2D eigenvalue weighted by Gasteiger charge is 2.20. The lowest BCUT2D eigenvalue weighted by molar-refractivity contribution is -0.384. The molecule has 1 saturated heterocycles. The van der Waals surface area contributed by atoms with E-state index < -0.39 is 4.92 Å². The Labute approximate surface area is 125 Å². The van der Waals surface area contributed by atoms with Crippen LogP contribution in [0.3, 0.4) is 0 Å². The number of hydrogen-bond acceptors (Lipinski definition) is 7. The molecule has 2 heterocycles. The summed E-state index contributed by atoms with van der Waals surface area (Å²) in [5.74, 6) is 0. The maximum absolute atomic E-state index is 10.9. The lowest BCUT2D eigenvalue weighted by atomic mass is 10.2. The van der Waals surface area contributed by atoms with Crippen LogP contribution in [0.15, 0.2) is 29.8 Å². The number of anilines is 3. The predicted molar refractivity (Wildman–Crippen MR) is 84.0 cm³/mol. The van der Waals surface area contributed by atoms with Crippen LogP contribution in [0.1, 0.15) is 0 Å². The van der Waals surface area contributed by atoms with Crippen molar-refractivity contribution in [1.29, 1.82) is 0 Å². The lowest BCUT2D eigenvalue weighted by Gasteiger charge is -2.35. The molecule has 21 heavy (non-hydrogen) atoms. The van der Waals surface area contributed by atoms with Crippen molar-refractivity contribution in [2.75, 3.05) is 41.7 Å². The molecule has 0 saturated carbocycles.